The highest BCUT2D eigenvalue weighted by Gasteiger charge is 2.34. The minimum Gasteiger partial charge on any atom is -0.497 e. The molecular weight excluding hydrogens is 398 g/mol. The second-order valence-electron chi connectivity index (χ2n) is 7.68. The lowest BCUT2D eigenvalue weighted by molar-refractivity contribution is -0.577. The van der Waals surface area contributed by atoms with Gasteiger partial charge in [0.2, 0.25) is 11.4 Å². The number of methoxy groups -OCH3 is 1. The second kappa shape index (κ2) is 8.15. The van der Waals surface area contributed by atoms with Gasteiger partial charge in [-0.1, -0.05) is 30.3 Å². The summed E-state index contributed by atoms with van der Waals surface area (Å²) in [6.07, 6.45) is 3.79. The van der Waals surface area contributed by atoms with Crippen LogP contribution in [0.25, 0.3) is 5.70 Å². The largest absolute Gasteiger partial charge is 0.497 e. The Morgan fingerprint density at radius 1 is 1.00 bits per heavy atom. The van der Waals surface area contributed by atoms with Gasteiger partial charge >= 0.3 is 0 Å². The van der Waals surface area contributed by atoms with Crippen LogP contribution in [0, 0.1) is 0 Å². The van der Waals surface area contributed by atoms with Gasteiger partial charge in [0.05, 0.1) is 25.4 Å². The van der Waals surface area contributed by atoms with Gasteiger partial charge in [0.25, 0.3) is 0 Å². The molecule has 0 saturated carbocycles. The van der Waals surface area contributed by atoms with E-state index in [0.717, 1.165) is 39.6 Å². The van der Waals surface area contributed by atoms with Crippen LogP contribution in [0.2, 0.25) is 0 Å². The molecule has 0 spiro atoms. The molecule has 6 heteroatoms. The highest BCUT2D eigenvalue weighted by Crippen LogP contribution is 2.30. The van der Waals surface area contributed by atoms with Crippen LogP contribution in [-0.4, -0.2) is 22.6 Å². The molecule has 0 saturated heterocycles. The van der Waals surface area contributed by atoms with Gasteiger partial charge in [-0.2, -0.15) is 9.67 Å². The Morgan fingerprint density at radius 3 is 2.50 bits per heavy atom. The van der Waals surface area contributed by atoms with E-state index in [-0.39, 0.29) is 0 Å². The van der Waals surface area contributed by atoms with Crippen molar-refractivity contribution in [3.05, 3.63) is 108 Å². The molecule has 0 radical (unpaired) electrons. The van der Waals surface area contributed by atoms with E-state index in [9.17, 15) is 0 Å². The van der Waals surface area contributed by atoms with E-state index in [1.807, 2.05) is 42.5 Å². The van der Waals surface area contributed by atoms with Gasteiger partial charge in [0.1, 0.15) is 23.0 Å². The fourth-order valence-electron chi connectivity index (χ4n) is 4.04. The van der Waals surface area contributed by atoms with Crippen LogP contribution in [0.4, 0.5) is 11.5 Å². The van der Waals surface area contributed by atoms with Crippen LogP contribution in [0.5, 0.6) is 5.75 Å². The van der Waals surface area contributed by atoms with Crippen molar-refractivity contribution < 1.29 is 9.30 Å². The number of aliphatic imine (C=N–C) groups is 1. The number of fused-ring (bicyclic) bond motifs is 1. The number of anilines is 1. The molecule has 6 nitrogen and oxygen atoms in total. The molecule has 2 N–H and O–H groups in total. The molecule has 0 unspecified atom stereocenters. The molecule has 5 rings (SSSR count). The Morgan fingerprint density at radius 2 is 1.75 bits per heavy atom. The highest BCUT2D eigenvalue weighted by molar-refractivity contribution is 6.17. The Kier molecular flexibility index (Phi) is 5.03. The Hall–Kier alpha value is -4.19. The van der Waals surface area contributed by atoms with Crippen molar-refractivity contribution in [3.63, 3.8) is 0 Å². The third-order valence-electron chi connectivity index (χ3n) is 5.68. The Bertz CT molecular complexity index is 1330. The Balaban J connectivity index is 1.56. The maximum Gasteiger partial charge on any atom is 0.237 e. The van der Waals surface area contributed by atoms with Crippen LogP contribution < -0.4 is 15.0 Å². The van der Waals surface area contributed by atoms with Crippen molar-refractivity contribution in [2.75, 3.05) is 12.8 Å². The molecule has 0 bridgehead atoms. The maximum absolute atomic E-state index is 6.43. The van der Waals surface area contributed by atoms with Crippen molar-refractivity contribution in [2.24, 2.45) is 4.99 Å². The third kappa shape index (κ3) is 3.46. The number of rotatable bonds is 5. The van der Waals surface area contributed by atoms with Gasteiger partial charge in [-0.3, -0.25) is 0 Å². The number of hydrogen-bond donors (Lipinski definition) is 1. The monoisotopic (exact) mass is 422 g/mol. The summed E-state index contributed by atoms with van der Waals surface area (Å²) in [6, 6.07) is 24.3. The minimum absolute atomic E-state index is 0.550. The molecule has 0 aliphatic carbocycles. The standard InChI is InChI=1S/C26H23N5O/c1-18-24(29-22-16-28-31(26(22)27)17-19-8-4-3-5-9-19)23-10-6-7-15-30(23)25(18)20-11-13-21(32-2)14-12-20/h3-16,27H,17H2,1-2H3/p+1. The van der Waals surface area contributed by atoms with E-state index in [4.69, 9.17) is 15.5 Å². The van der Waals surface area contributed by atoms with Crippen LogP contribution in [-0.2, 0) is 6.54 Å². The molecule has 3 heterocycles. The zero-order chi connectivity index (χ0) is 22.1. The van der Waals surface area contributed by atoms with E-state index in [1.165, 1.54) is 0 Å². The van der Waals surface area contributed by atoms with Crippen molar-refractivity contribution in [3.8, 4) is 5.75 Å². The van der Waals surface area contributed by atoms with Crippen LogP contribution in [0.15, 0.2) is 95.8 Å². The smallest absolute Gasteiger partial charge is 0.237 e. The number of pyridine rings is 1. The predicted octanol–water partition coefficient (Wildman–Crippen LogP) is 4.22. The summed E-state index contributed by atoms with van der Waals surface area (Å²) < 4.78 is 9.27. The van der Waals surface area contributed by atoms with Gasteiger partial charge in [-0.15, -0.1) is 0 Å². The SMILES string of the molecule is COc1ccc(C2=C(C)C(=Nc3cnn(Cc4ccccc4)c3N)c3cccc[n+]32)cc1. The predicted molar refractivity (Wildman–Crippen MR) is 126 cm³/mol. The topological polar surface area (TPSA) is 69.3 Å². The van der Waals surface area contributed by atoms with Crippen molar-refractivity contribution >= 4 is 22.9 Å². The van der Waals surface area contributed by atoms with Gasteiger partial charge in [-0.25, -0.2) is 9.67 Å². The third-order valence-corrected chi connectivity index (χ3v) is 5.68. The van der Waals surface area contributed by atoms with E-state index in [0.29, 0.717) is 18.1 Å². The van der Waals surface area contributed by atoms with Gasteiger partial charge < -0.3 is 10.5 Å². The molecule has 0 fully saturated rings. The number of benzene rings is 2. The summed E-state index contributed by atoms with van der Waals surface area (Å²) in [5, 5.41) is 4.48. The molecular formula is C26H24N5O+. The molecule has 0 amide bonds. The van der Waals surface area contributed by atoms with E-state index < -0.39 is 0 Å². The summed E-state index contributed by atoms with van der Waals surface area (Å²) in [4.78, 5) is 4.96. The number of ether oxygens (including phenoxy) is 1. The fraction of sp³-hybridized carbons (Fsp3) is 0.115. The normalized spacial score (nSPS) is 14.1. The summed E-state index contributed by atoms with van der Waals surface area (Å²) in [6.45, 7) is 2.70. The summed E-state index contributed by atoms with van der Waals surface area (Å²) in [5.74, 6) is 1.38. The summed E-state index contributed by atoms with van der Waals surface area (Å²) in [5.41, 5.74) is 13.4. The lowest BCUT2D eigenvalue weighted by Crippen LogP contribution is -2.34. The highest BCUT2D eigenvalue weighted by atomic mass is 16.5. The van der Waals surface area contributed by atoms with E-state index in [1.54, 1.807) is 18.0 Å². The summed E-state index contributed by atoms with van der Waals surface area (Å²) >= 11 is 0. The maximum atomic E-state index is 6.43. The second-order valence-corrected chi connectivity index (χ2v) is 7.68. The molecule has 2 aromatic carbocycles. The molecule has 1 aliphatic rings. The van der Waals surface area contributed by atoms with Crippen molar-refractivity contribution in [1.29, 1.82) is 0 Å². The molecule has 0 atom stereocenters. The minimum atomic E-state index is 0.550. The van der Waals surface area contributed by atoms with Crippen LogP contribution in [0.1, 0.15) is 23.7 Å². The lowest BCUT2D eigenvalue weighted by atomic mass is 10.1. The molecule has 2 aromatic heterocycles. The number of nitrogens with zero attached hydrogens (tertiary/aromatic N) is 4. The summed E-state index contributed by atoms with van der Waals surface area (Å²) in [7, 11) is 1.67. The zero-order valence-electron chi connectivity index (χ0n) is 18.1. The number of nitrogen functional groups attached to an aromatic ring is 1. The van der Waals surface area contributed by atoms with Crippen molar-refractivity contribution in [1.82, 2.24) is 9.78 Å². The first-order valence-electron chi connectivity index (χ1n) is 10.5. The molecule has 1 aliphatic heterocycles. The van der Waals surface area contributed by atoms with Crippen LogP contribution >= 0.6 is 0 Å². The van der Waals surface area contributed by atoms with E-state index in [2.05, 4.69) is 53.1 Å². The lowest BCUT2D eigenvalue weighted by Gasteiger charge is -2.04. The number of allylic oxidation sites excluding steroid dienone is 1. The van der Waals surface area contributed by atoms with Gasteiger partial charge in [-0.05, 0) is 42.8 Å². The number of nitrogens with two attached hydrogens (primary N) is 1. The number of aromatic nitrogens is 3. The fourth-order valence-corrected chi connectivity index (χ4v) is 4.04. The van der Waals surface area contributed by atoms with Crippen LogP contribution in [0.3, 0.4) is 0 Å². The average molecular weight is 423 g/mol. The first-order chi connectivity index (χ1) is 15.7. The zero-order valence-corrected chi connectivity index (χ0v) is 18.1. The van der Waals surface area contributed by atoms with Crippen molar-refractivity contribution in [2.45, 2.75) is 13.5 Å². The number of hydrogen-bond acceptors (Lipinski definition) is 4. The molecule has 32 heavy (non-hydrogen) atoms. The van der Waals surface area contributed by atoms with Gasteiger partial charge in [0, 0.05) is 17.7 Å². The molecule has 4 aromatic rings. The first kappa shape index (κ1) is 19.8. The first-order valence-corrected chi connectivity index (χ1v) is 10.5. The quantitative estimate of drug-likeness (QED) is 0.490. The van der Waals surface area contributed by atoms with E-state index >= 15 is 0 Å². The molecule has 158 valence electrons. The average Bonchev–Trinajstić information content (AvgIpc) is 3.32. The Labute approximate surface area is 186 Å². The van der Waals surface area contributed by atoms with Gasteiger partial charge in [0.15, 0.2) is 6.20 Å².